The highest BCUT2D eigenvalue weighted by Crippen LogP contribution is 2.47. The number of ketones is 3. The summed E-state index contributed by atoms with van der Waals surface area (Å²) >= 11 is 11.2. The van der Waals surface area contributed by atoms with E-state index in [0.717, 1.165) is 106 Å². The Bertz CT molecular complexity index is 6310. The van der Waals surface area contributed by atoms with Gasteiger partial charge in [-0.15, -0.1) is 0 Å². The number of aliphatic hydroxyl groups is 3. The number of rotatable bonds is 18. The molecule has 4 fully saturated rings. The zero-order chi connectivity index (χ0) is 89.4. The van der Waals surface area contributed by atoms with Crippen LogP contribution in [0.2, 0.25) is 0 Å². The fraction of sp³-hybridized carbons (Fsp3) is 0.245. The number of amides is 10. The summed E-state index contributed by atoms with van der Waals surface area (Å²) in [6.45, 7) is 5.31. The predicted molar refractivity (Wildman–Crippen MR) is 484 cm³/mol. The maximum Gasteiger partial charge on any atom is 0.326 e. The Labute approximate surface area is 745 Å². The Hall–Kier alpha value is -14.1. The molecule has 0 aliphatic carbocycles. The molecule has 13 aromatic rings. The number of hydrogen-bond acceptors (Lipinski definition) is 17. The Morgan fingerprint density at radius 2 is 0.680 bits per heavy atom. The molecule has 9 aromatic carbocycles. The molecule has 648 valence electrons. The van der Waals surface area contributed by atoms with E-state index >= 15 is 0 Å². The number of Topliss-reactive ketones (excluding diaryl/α,β-unsaturated/α-hetero) is 3. The first kappa shape index (κ1) is 84.7. The molecule has 21 rings (SSSR count). The van der Waals surface area contributed by atoms with Crippen molar-refractivity contribution in [1.29, 1.82) is 0 Å². The van der Waals surface area contributed by atoms with E-state index < -0.39 is 31.6 Å². The van der Waals surface area contributed by atoms with Crippen molar-refractivity contribution in [3.8, 4) is 5.75 Å². The fourth-order valence-electron chi connectivity index (χ4n) is 19.3. The van der Waals surface area contributed by atoms with Crippen molar-refractivity contribution in [2.75, 3.05) is 74.2 Å². The predicted octanol–water partition coefficient (Wildman–Crippen LogP) is 11.9. The van der Waals surface area contributed by atoms with Gasteiger partial charge in [0.05, 0.1) is 54.8 Å². The van der Waals surface area contributed by atoms with Crippen LogP contribution >= 0.6 is 24.4 Å². The molecular formula is C98H89N13O15S2. The van der Waals surface area contributed by atoms with Crippen LogP contribution in [0.25, 0.3) is 43.6 Å². The van der Waals surface area contributed by atoms with Gasteiger partial charge in [-0.3, -0.25) is 58.4 Å². The topological polar surface area (TPSA) is 319 Å². The smallest absolute Gasteiger partial charge is 0.326 e. The van der Waals surface area contributed by atoms with Gasteiger partial charge in [-0.05, 0) is 111 Å². The van der Waals surface area contributed by atoms with Crippen molar-refractivity contribution < 1.29 is 73.2 Å². The average molecular weight is 1750 g/mol. The van der Waals surface area contributed by atoms with Gasteiger partial charge in [0.2, 0.25) is 17.7 Å². The van der Waals surface area contributed by atoms with Crippen LogP contribution in [0.1, 0.15) is 138 Å². The van der Waals surface area contributed by atoms with Crippen LogP contribution in [0.3, 0.4) is 0 Å². The lowest BCUT2D eigenvalue weighted by molar-refractivity contribution is -0.133. The monoisotopic (exact) mass is 1750 g/mol. The van der Waals surface area contributed by atoms with Crippen LogP contribution in [-0.4, -0.2) is 221 Å². The third-order valence-corrected chi connectivity index (χ3v) is 26.9. The van der Waals surface area contributed by atoms with Crippen molar-refractivity contribution in [1.82, 2.24) is 62.9 Å². The standard InChI is InChI=1S/C29H26N4O5.C23H21N3O4.2C23H21N3O3S/c1-31-28(35)23-15-32(29(31)36)16-25-26(23)22-13-21(38-17-19-5-3-2-4-6-19)11-12-24(22)33(25)14-18-7-9-20(10-8-18)27(34)30-37;1-24-22(29)17-11-25(23(24)30)12-19-21(17)16-4-2-3-5-18(16)26(19)10-14-6-8-15(9-7-14)20(28)13-27;1-24-22(30)17-11-25(23(24)29)12-19-21(17)16-4-2-3-5-18(16)26(19)10-14-6-8-15(9-7-14)20(28)13-27;1-24-22(29)17-11-25(23(24)30)12-19-21(17)16-4-2-3-5-18(16)26(19)10-14-6-8-15(9-7-14)20(28)13-27/h2-13,23,37H,14-17H2,1H3,(H,30,34);3*2-9,17,27H,10-13H2,1H3. The molecule has 8 bridgehead atoms. The highest BCUT2D eigenvalue weighted by atomic mass is 32.1. The third-order valence-electron chi connectivity index (χ3n) is 25.9. The number of fused-ring (bicyclic) bond motifs is 24. The number of urea groups is 3. The van der Waals surface area contributed by atoms with E-state index in [-0.39, 0.29) is 70.9 Å². The molecule has 0 saturated carbocycles. The molecule has 8 aliphatic rings. The van der Waals surface area contributed by atoms with Crippen LogP contribution in [0.15, 0.2) is 218 Å². The van der Waals surface area contributed by atoms with Gasteiger partial charge in [-0.2, -0.15) is 0 Å². The summed E-state index contributed by atoms with van der Waals surface area (Å²) in [4.78, 5) is 138. The largest absolute Gasteiger partial charge is 0.489 e. The van der Waals surface area contributed by atoms with Crippen LogP contribution in [0.5, 0.6) is 5.75 Å². The van der Waals surface area contributed by atoms with Gasteiger partial charge >= 0.3 is 18.1 Å². The van der Waals surface area contributed by atoms with Gasteiger partial charge < -0.3 is 57.9 Å². The summed E-state index contributed by atoms with van der Waals surface area (Å²) in [6, 6.07) is 68.5. The minimum Gasteiger partial charge on any atom is -0.489 e. The summed E-state index contributed by atoms with van der Waals surface area (Å²) in [5.41, 5.74) is 21.1. The number of likely N-dealkylation sites (N-methyl/N-ethyl adjacent to an activating group) is 4. The van der Waals surface area contributed by atoms with Gasteiger partial charge in [0.15, 0.2) is 22.5 Å². The van der Waals surface area contributed by atoms with Gasteiger partial charge in [-0.1, -0.05) is 182 Å². The first-order chi connectivity index (χ1) is 61.9. The molecule has 10 amide bonds. The number of aliphatic hydroxyl groups excluding tert-OH is 3. The van der Waals surface area contributed by atoms with Crippen LogP contribution < -0.4 is 10.2 Å². The van der Waals surface area contributed by atoms with Crippen molar-refractivity contribution in [2.45, 2.75) is 82.6 Å². The molecular weight excluding hydrogens is 1660 g/mol. The van der Waals surface area contributed by atoms with Gasteiger partial charge in [0.1, 0.15) is 32.2 Å². The van der Waals surface area contributed by atoms with Gasteiger partial charge in [0.25, 0.3) is 5.91 Å². The fourth-order valence-corrected chi connectivity index (χ4v) is 19.8. The minimum atomic E-state index is -0.579. The van der Waals surface area contributed by atoms with Crippen molar-refractivity contribution >= 4 is 137 Å². The average Bonchev–Trinajstić information content (AvgIpc) is 1.50. The third kappa shape index (κ3) is 15.2. The maximum absolute atomic E-state index is 13.2. The van der Waals surface area contributed by atoms with E-state index in [1.165, 1.54) is 27.8 Å². The van der Waals surface area contributed by atoms with Gasteiger partial charge in [0, 0.05) is 169 Å². The van der Waals surface area contributed by atoms with Crippen LogP contribution in [0.4, 0.5) is 14.4 Å². The van der Waals surface area contributed by atoms with Gasteiger partial charge in [-0.25, -0.2) is 19.9 Å². The lowest BCUT2D eigenvalue weighted by atomic mass is 9.89. The number of nitrogens with one attached hydrogen (secondary N) is 1. The second-order valence-electron chi connectivity index (χ2n) is 33.2. The molecule has 128 heavy (non-hydrogen) atoms. The highest BCUT2D eigenvalue weighted by molar-refractivity contribution is 7.80. The quantitative estimate of drug-likeness (QED) is 0.0231. The molecule has 4 saturated heterocycles. The summed E-state index contributed by atoms with van der Waals surface area (Å²) in [5.74, 6) is -2.10. The zero-order valence-corrected chi connectivity index (χ0v) is 72.0. The lowest BCUT2D eigenvalue weighted by Crippen LogP contribution is -2.56. The molecule has 8 aliphatic heterocycles. The number of para-hydroxylation sites is 3. The maximum atomic E-state index is 13.2. The molecule has 5 N–H and O–H groups in total. The number of hydroxylamine groups is 1. The zero-order valence-electron chi connectivity index (χ0n) is 70.4. The number of carbonyl (C=O) groups excluding carboxylic acids is 10. The molecule has 30 heteroatoms. The van der Waals surface area contributed by atoms with Crippen molar-refractivity contribution in [3.63, 3.8) is 0 Å². The highest BCUT2D eigenvalue weighted by Gasteiger charge is 2.49. The Balaban J connectivity index is 0.000000116. The Kier molecular flexibility index (Phi) is 22.9. The summed E-state index contributed by atoms with van der Waals surface area (Å²) in [5, 5.41) is 40.9. The number of carbonyl (C=O) groups is 10. The van der Waals surface area contributed by atoms with Crippen molar-refractivity contribution in [2.24, 2.45) is 0 Å². The first-order valence-electron chi connectivity index (χ1n) is 42.0. The number of hydrogen-bond donors (Lipinski definition) is 5. The van der Waals surface area contributed by atoms with E-state index in [2.05, 4.69) is 47.4 Å². The van der Waals surface area contributed by atoms with E-state index in [9.17, 15) is 47.9 Å². The molecule has 4 atom stereocenters. The second-order valence-corrected chi connectivity index (χ2v) is 34.0. The van der Waals surface area contributed by atoms with E-state index in [4.69, 9.17) is 49.7 Å². The van der Waals surface area contributed by atoms with Crippen LogP contribution in [-0.2, 0) is 73.3 Å². The number of thiocarbonyl (C=S) groups is 2. The summed E-state index contributed by atoms with van der Waals surface area (Å²) in [6.07, 6.45) is 0. The number of nitrogens with zero attached hydrogens (tertiary/aromatic N) is 12. The number of imide groups is 2. The number of aromatic nitrogens is 4. The Morgan fingerprint density at radius 3 is 1.07 bits per heavy atom. The molecule has 0 radical (unpaired) electrons. The van der Waals surface area contributed by atoms with Crippen molar-refractivity contribution in [3.05, 3.63) is 313 Å². The van der Waals surface area contributed by atoms with E-state index in [1.54, 1.807) is 94.8 Å². The molecule has 4 unspecified atom stereocenters. The number of benzene rings is 9. The molecule has 0 spiro atoms. The lowest BCUT2D eigenvalue weighted by Gasteiger charge is -2.43. The number of ether oxygens (including phenoxy) is 1. The SMILES string of the molecule is CN1C(=O)C2CN(Cc3c2c2cc(OCc4ccccc4)ccc2n3Cc2ccc(C(=O)NO)cc2)C1=O.CN1C(=O)C2CN(Cc3c2c2ccccc2n3Cc2ccc(C(=O)CO)cc2)C1=O.CN1C(=O)C2CN(Cc3c2c2ccccc2n3Cc2ccc(C(=O)CO)cc2)C1=S.CN1C(=O)N2Cc3c(c4ccccc4n3Cc3ccc(C(=O)CO)cc3)C(C2)C1=S. The normalized spacial score (nSPS) is 17.7. The minimum absolute atomic E-state index is 0.0159. The molecule has 4 aromatic heterocycles. The summed E-state index contributed by atoms with van der Waals surface area (Å²) < 4.78 is 14.9. The van der Waals surface area contributed by atoms with E-state index in [1.807, 2.05) is 150 Å². The first-order valence-corrected chi connectivity index (χ1v) is 42.8. The van der Waals surface area contributed by atoms with E-state index in [0.29, 0.717) is 123 Å². The van der Waals surface area contributed by atoms with Crippen LogP contribution in [0, 0.1) is 0 Å². The molecule has 12 heterocycles. The molecule has 28 nitrogen and oxygen atoms in total. The summed E-state index contributed by atoms with van der Waals surface area (Å²) in [7, 11) is 6.59. The Morgan fingerprint density at radius 1 is 0.359 bits per heavy atom. The second kappa shape index (κ2) is 34.7.